The summed E-state index contributed by atoms with van der Waals surface area (Å²) < 4.78 is 11.2. The molecule has 5 atom stereocenters. The molecule has 2 aromatic carbocycles. The maximum atomic E-state index is 11.9. The molecular formula is C20H23NO7. The zero-order valence-electron chi connectivity index (χ0n) is 15.2. The number of ether oxygens (including phenoxy) is 2. The first-order chi connectivity index (χ1) is 13.5. The molecule has 1 fully saturated rings. The first kappa shape index (κ1) is 20.2. The quantitative estimate of drug-likeness (QED) is 0.483. The Labute approximate surface area is 162 Å². The number of rotatable bonds is 5. The van der Waals surface area contributed by atoms with E-state index >= 15 is 0 Å². The second kappa shape index (κ2) is 8.68. The van der Waals surface area contributed by atoms with Gasteiger partial charge in [0.2, 0.25) is 6.29 Å². The molecule has 1 saturated heterocycles. The number of aliphatic hydroxyl groups is 4. The van der Waals surface area contributed by atoms with Gasteiger partial charge in [-0.05, 0) is 23.8 Å². The highest BCUT2D eigenvalue weighted by Gasteiger charge is 2.44. The lowest BCUT2D eigenvalue weighted by molar-refractivity contribution is -0.277. The molecule has 0 bridgehead atoms. The summed E-state index contributed by atoms with van der Waals surface area (Å²) in [5, 5.41) is 41.9. The standard InChI is InChI=1S/C20H23NO7/c1-21-19(26)12-6-4-5-11(9-12)13-7-2-3-8-14(13)27-20-18(25)17(24)16(23)15(10-22)28-20/h2-9,15-18,20,22-25H,10H2,1H3,(H,21,26)/t15?,16-,17?,18?,20+/m0/s1. The molecule has 1 amide bonds. The van der Waals surface area contributed by atoms with E-state index in [-0.39, 0.29) is 5.91 Å². The Kier molecular flexibility index (Phi) is 6.28. The van der Waals surface area contributed by atoms with E-state index in [1.54, 1.807) is 49.5 Å². The van der Waals surface area contributed by atoms with Gasteiger partial charge < -0.3 is 35.2 Å². The van der Waals surface area contributed by atoms with Gasteiger partial charge >= 0.3 is 0 Å². The fourth-order valence-corrected chi connectivity index (χ4v) is 3.07. The summed E-state index contributed by atoms with van der Waals surface area (Å²) in [6, 6.07) is 13.9. The summed E-state index contributed by atoms with van der Waals surface area (Å²) in [7, 11) is 1.55. The Morgan fingerprint density at radius 3 is 2.54 bits per heavy atom. The first-order valence-corrected chi connectivity index (χ1v) is 8.85. The monoisotopic (exact) mass is 389 g/mol. The largest absolute Gasteiger partial charge is 0.461 e. The van der Waals surface area contributed by atoms with Crippen LogP contribution in [0.25, 0.3) is 11.1 Å². The van der Waals surface area contributed by atoms with Crippen molar-refractivity contribution in [1.82, 2.24) is 5.32 Å². The van der Waals surface area contributed by atoms with Crippen molar-refractivity contribution in [3.63, 3.8) is 0 Å². The highest BCUT2D eigenvalue weighted by molar-refractivity contribution is 5.95. The maximum Gasteiger partial charge on any atom is 0.251 e. The van der Waals surface area contributed by atoms with Gasteiger partial charge in [0.1, 0.15) is 30.2 Å². The zero-order valence-corrected chi connectivity index (χ0v) is 15.2. The molecule has 0 aromatic heterocycles. The molecular weight excluding hydrogens is 366 g/mol. The maximum absolute atomic E-state index is 11.9. The van der Waals surface area contributed by atoms with Crippen molar-refractivity contribution in [3.8, 4) is 16.9 Å². The molecule has 1 aliphatic rings. The third-order valence-electron chi connectivity index (χ3n) is 4.64. The molecule has 3 rings (SSSR count). The number of nitrogens with one attached hydrogen (secondary N) is 1. The van der Waals surface area contributed by atoms with Gasteiger partial charge in [-0.1, -0.05) is 30.3 Å². The van der Waals surface area contributed by atoms with E-state index in [0.717, 1.165) is 0 Å². The van der Waals surface area contributed by atoms with E-state index in [4.69, 9.17) is 9.47 Å². The van der Waals surface area contributed by atoms with Gasteiger partial charge in [-0.3, -0.25) is 4.79 Å². The minimum Gasteiger partial charge on any atom is -0.461 e. The molecule has 1 heterocycles. The average molecular weight is 389 g/mol. The molecule has 0 saturated carbocycles. The van der Waals surface area contributed by atoms with E-state index in [0.29, 0.717) is 22.4 Å². The summed E-state index contributed by atoms with van der Waals surface area (Å²) in [4.78, 5) is 11.9. The fraction of sp³-hybridized carbons (Fsp3) is 0.350. The molecule has 0 radical (unpaired) electrons. The van der Waals surface area contributed by atoms with Gasteiger partial charge in [0.25, 0.3) is 5.91 Å². The minimum atomic E-state index is -1.53. The number of carbonyl (C=O) groups excluding carboxylic acids is 1. The van der Waals surface area contributed by atoms with Gasteiger partial charge in [-0.15, -0.1) is 0 Å². The topological polar surface area (TPSA) is 128 Å². The van der Waals surface area contributed by atoms with Crippen molar-refractivity contribution in [1.29, 1.82) is 0 Å². The number of para-hydroxylation sites is 1. The van der Waals surface area contributed by atoms with Crippen LogP contribution in [-0.2, 0) is 4.74 Å². The fourth-order valence-electron chi connectivity index (χ4n) is 3.07. The van der Waals surface area contributed by atoms with Crippen molar-refractivity contribution < 1.29 is 34.7 Å². The van der Waals surface area contributed by atoms with Crippen LogP contribution < -0.4 is 10.1 Å². The average Bonchev–Trinajstić information content (AvgIpc) is 2.74. The van der Waals surface area contributed by atoms with E-state index in [2.05, 4.69) is 5.32 Å². The van der Waals surface area contributed by atoms with Crippen LogP contribution in [0.15, 0.2) is 48.5 Å². The van der Waals surface area contributed by atoms with Gasteiger partial charge in [0.15, 0.2) is 0 Å². The van der Waals surface area contributed by atoms with Gasteiger partial charge in [0, 0.05) is 18.2 Å². The Balaban J connectivity index is 1.90. The molecule has 8 heteroatoms. The van der Waals surface area contributed by atoms with Gasteiger partial charge in [-0.2, -0.15) is 0 Å². The highest BCUT2D eigenvalue weighted by atomic mass is 16.7. The molecule has 5 N–H and O–H groups in total. The predicted molar refractivity (Wildman–Crippen MR) is 99.7 cm³/mol. The Bertz CT molecular complexity index is 826. The number of carbonyl (C=O) groups is 1. The number of hydrogen-bond donors (Lipinski definition) is 5. The van der Waals surface area contributed by atoms with Gasteiger partial charge in [-0.25, -0.2) is 0 Å². The number of aliphatic hydroxyl groups excluding tert-OH is 4. The first-order valence-electron chi connectivity index (χ1n) is 8.85. The third kappa shape index (κ3) is 4.01. The SMILES string of the molecule is CNC(=O)c1cccc(-c2ccccc2O[C@@H]2OC(CO)[C@H](O)C(O)C2O)c1. The summed E-state index contributed by atoms with van der Waals surface area (Å²) in [6.07, 6.45) is -6.85. The number of benzene rings is 2. The second-order valence-corrected chi connectivity index (χ2v) is 6.47. The molecule has 0 spiro atoms. The number of hydrogen-bond acceptors (Lipinski definition) is 7. The van der Waals surface area contributed by atoms with Crippen molar-refractivity contribution in [3.05, 3.63) is 54.1 Å². The molecule has 0 aliphatic carbocycles. The minimum absolute atomic E-state index is 0.228. The van der Waals surface area contributed by atoms with E-state index in [1.165, 1.54) is 0 Å². The van der Waals surface area contributed by atoms with Crippen molar-refractivity contribution in [2.75, 3.05) is 13.7 Å². The normalized spacial score (nSPS) is 27.2. The molecule has 28 heavy (non-hydrogen) atoms. The van der Waals surface area contributed by atoms with E-state index in [1.807, 2.05) is 6.07 Å². The smallest absolute Gasteiger partial charge is 0.251 e. The summed E-state index contributed by atoms with van der Waals surface area (Å²) in [5.41, 5.74) is 1.83. The molecule has 3 unspecified atom stereocenters. The lowest BCUT2D eigenvalue weighted by atomic mass is 9.99. The van der Waals surface area contributed by atoms with Crippen molar-refractivity contribution in [2.24, 2.45) is 0 Å². The Morgan fingerprint density at radius 2 is 1.82 bits per heavy atom. The van der Waals surface area contributed by atoms with Crippen LogP contribution in [0.3, 0.4) is 0 Å². The predicted octanol–water partition coefficient (Wildman–Crippen LogP) is -0.108. The van der Waals surface area contributed by atoms with Crippen LogP contribution in [-0.4, -0.2) is 70.7 Å². The second-order valence-electron chi connectivity index (χ2n) is 6.47. The summed E-state index contributed by atoms with van der Waals surface area (Å²) >= 11 is 0. The Hall–Kier alpha value is -2.49. The van der Waals surface area contributed by atoms with Crippen LogP contribution in [0.5, 0.6) is 5.75 Å². The molecule has 8 nitrogen and oxygen atoms in total. The summed E-state index contributed by atoms with van der Waals surface area (Å²) in [6.45, 7) is -0.541. The molecule has 150 valence electrons. The van der Waals surface area contributed by atoms with E-state index in [9.17, 15) is 25.2 Å². The van der Waals surface area contributed by atoms with Crippen LogP contribution in [0.1, 0.15) is 10.4 Å². The molecule has 1 aliphatic heterocycles. The van der Waals surface area contributed by atoms with E-state index < -0.39 is 37.3 Å². The van der Waals surface area contributed by atoms with Crippen LogP contribution in [0.2, 0.25) is 0 Å². The van der Waals surface area contributed by atoms with Crippen LogP contribution >= 0.6 is 0 Å². The Morgan fingerprint density at radius 1 is 1.07 bits per heavy atom. The molecule has 2 aromatic rings. The zero-order chi connectivity index (χ0) is 20.3. The van der Waals surface area contributed by atoms with Crippen molar-refractivity contribution >= 4 is 5.91 Å². The lowest BCUT2D eigenvalue weighted by Crippen LogP contribution is -2.60. The highest BCUT2D eigenvalue weighted by Crippen LogP contribution is 2.33. The number of amides is 1. The lowest BCUT2D eigenvalue weighted by Gasteiger charge is -2.39. The summed E-state index contributed by atoms with van der Waals surface area (Å²) in [5.74, 6) is 0.120. The van der Waals surface area contributed by atoms with Crippen LogP contribution in [0.4, 0.5) is 0 Å². The van der Waals surface area contributed by atoms with Crippen molar-refractivity contribution in [2.45, 2.75) is 30.7 Å². The third-order valence-corrected chi connectivity index (χ3v) is 4.64. The van der Waals surface area contributed by atoms with Gasteiger partial charge in [0.05, 0.1) is 6.61 Å². The van der Waals surface area contributed by atoms with Crippen LogP contribution in [0, 0.1) is 0 Å².